The van der Waals surface area contributed by atoms with E-state index in [9.17, 15) is 9.59 Å². The van der Waals surface area contributed by atoms with E-state index in [0.29, 0.717) is 12.8 Å². The van der Waals surface area contributed by atoms with E-state index in [-0.39, 0.29) is 11.8 Å². The average molecular weight is 352 g/mol. The van der Waals surface area contributed by atoms with Gasteiger partial charge in [-0.15, -0.1) is 0 Å². The smallest absolute Gasteiger partial charge is 0.261 e. The lowest BCUT2D eigenvalue weighted by Crippen LogP contribution is -2.49. The molecule has 4 rings (SSSR count). The fourth-order valence-corrected chi connectivity index (χ4v) is 5.30. The minimum absolute atomic E-state index is 0.0185. The molecular formula is C20H20N2O2S. The zero-order valence-corrected chi connectivity index (χ0v) is 15.4. The molecule has 1 fully saturated rings. The molecular weight excluding hydrogens is 332 g/mol. The number of rotatable bonds is 2. The van der Waals surface area contributed by atoms with Crippen molar-refractivity contribution in [3.05, 3.63) is 53.1 Å². The molecule has 2 amide bonds. The van der Waals surface area contributed by atoms with Gasteiger partial charge in [0.15, 0.2) is 4.87 Å². The Labute approximate surface area is 151 Å². The monoisotopic (exact) mass is 352 g/mol. The normalized spacial score (nSPS) is 21.2. The minimum Gasteiger partial charge on any atom is -0.323 e. The number of nitrogens with one attached hydrogen (secondary N) is 1. The zero-order chi connectivity index (χ0) is 17.8. The molecule has 1 saturated heterocycles. The van der Waals surface area contributed by atoms with Crippen LogP contribution < -0.4 is 10.2 Å². The lowest BCUT2D eigenvalue weighted by atomic mass is 10.0. The summed E-state index contributed by atoms with van der Waals surface area (Å²) < 4.78 is 0. The molecule has 128 valence electrons. The lowest BCUT2D eigenvalue weighted by molar-refractivity contribution is -0.121. The number of hydrogen-bond acceptors (Lipinski definition) is 3. The molecule has 0 radical (unpaired) electrons. The van der Waals surface area contributed by atoms with Gasteiger partial charge in [0.1, 0.15) is 0 Å². The van der Waals surface area contributed by atoms with Crippen molar-refractivity contribution in [3.63, 3.8) is 0 Å². The van der Waals surface area contributed by atoms with Gasteiger partial charge in [0.05, 0.1) is 5.69 Å². The van der Waals surface area contributed by atoms with Gasteiger partial charge in [-0.05, 0) is 50.5 Å². The molecule has 2 heterocycles. The predicted molar refractivity (Wildman–Crippen MR) is 101 cm³/mol. The van der Waals surface area contributed by atoms with Crippen molar-refractivity contribution in [1.29, 1.82) is 0 Å². The molecule has 1 atom stereocenters. The van der Waals surface area contributed by atoms with Crippen molar-refractivity contribution in [2.45, 2.75) is 43.4 Å². The van der Waals surface area contributed by atoms with Gasteiger partial charge in [-0.2, -0.15) is 0 Å². The van der Waals surface area contributed by atoms with Crippen LogP contribution in [0.15, 0.2) is 41.3 Å². The van der Waals surface area contributed by atoms with E-state index < -0.39 is 4.87 Å². The second kappa shape index (κ2) is 5.63. The number of amides is 2. The molecule has 2 aliphatic heterocycles. The highest BCUT2D eigenvalue weighted by molar-refractivity contribution is 8.02. The summed E-state index contributed by atoms with van der Waals surface area (Å²) in [5.41, 5.74) is 4.95. The topological polar surface area (TPSA) is 49.4 Å². The number of thioether (sulfide) groups is 1. The van der Waals surface area contributed by atoms with Gasteiger partial charge in [0.25, 0.3) is 5.91 Å². The Morgan fingerprint density at radius 1 is 1.16 bits per heavy atom. The van der Waals surface area contributed by atoms with E-state index in [1.165, 1.54) is 17.3 Å². The fraction of sp³-hybridized carbons (Fsp3) is 0.300. The summed E-state index contributed by atoms with van der Waals surface area (Å²) in [4.78, 5) is 27.6. The van der Waals surface area contributed by atoms with Crippen LogP contribution in [0.2, 0.25) is 0 Å². The van der Waals surface area contributed by atoms with E-state index in [4.69, 9.17) is 0 Å². The minimum atomic E-state index is -0.870. The van der Waals surface area contributed by atoms with Crippen LogP contribution in [-0.4, -0.2) is 16.7 Å². The maximum absolute atomic E-state index is 13.3. The van der Waals surface area contributed by atoms with Crippen molar-refractivity contribution in [3.8, 4) is 0 Å². The Balaban J connectivity index is 1.72. The first-order valence-corrected chi connectivity index (χ1v) is 9.24. The SMILES string of the molecule is Cc1cc(C)c(NC(=O)C23CCC(=O)N2c2ccccc2S3)c(C)c1. The molecule has 2 aromatic carbocycles. The van der Waals surface area contributed by atoms with Crippen LogP contribution in [0.3, 0.4) is 0 Å². The van der Waals surface area contributed by atoms with Crippen molar-refractivity contribution in [2.75, 3.05) is 10.2 Å². The number of para-hydroxylation sites is 1. The first-order chi connectivity index (χ1) is 11.9. The lowest BCUT2D eigenvalue weighted by Gasteiger charge is -2.30. The number of aryl methyl sites for hydroxylation is 3. The number of hydrogen-bond donors (Lipinski definition) is 1. The van der Waals surface area contributed by atoms with E-state index in [0.717, 1.165) is 27.4 Å². The predicted octanol–water partition coefficient (Wildman–Crippen LogP) is 4.18. The maximum Gasteiger partial charge on any atom is 0.261 e. The van der Waals surface area contributed by atoms with Crippen LogP contribution in [0.5, 0.6) is 0 Å². The Hall–Kier alpha value is -2.27. The van der Waals surface area contributed by atoms with Crippen LogP contribution in [0.1, 0.15) is 29.5 Å². The zero-order valence-electron chi connectivity index (χ0n) is 14.6. The number of carbonyl (C=O) groups is 2. The summed E-state index contributed by atoms with van der Waals surface area (Å²) in [5.74, 6) is -0.0976. The molecule has 2 aromatic rings. The Morgan fingerprint density at radius 2 is 1.84 bits per heavy atom. The highest BCUT2D eigenvalue weighted by Crippen LogP contribution is 2.56. The molecule has 0 spiro atoms. The van der Waals surface area contributed by atoms with E-state index in [2.05, 4.69) is 17.4 Å². The van der Waals surface area contributed by atoms with Gasteiger partial charge >= 0.3 is 0 Å². The van der Waals surface area contributed by atoms with Crippen molar-refractivity contribution < 1.29 is 9.59 Å². The van der Waals surface area contributed by atoms with Gasteiger partial charge in [-0.3, -0.25) is 14.5 Å². The van der Waals surface area contributed by atoms with E-state index in [1.807, 2.05) is 45.0 Å². The maximum atomic E-state index is 13.3. The van der Waals surface area contributed by atoms with Gasteiger partial charge in [-0.25, -0.2) is 0 Å². The number of fused-ring (bicyclic) bond motifs is 3. The first kappa shape index (κ1) is 16.2. The van der Waals surface area contributed by atoms with Crippen LogP contribution in [-0.2, 0) is 9.59 Å². The largest absolute Gasteiger partial charge is 0.323 e. The highest BCUT2D eigenvalue weighted by atomic mass is 32.2. The van der Waals surface area contributed by atoms with E-state index in [1.54, 1.807) is 4.90 Å². The number of anilines is 2. The molecule has 5 heteroatoms. The summed E-state index contributed by atoms with van der Waals surface area (Å²) in [6.07, 6.45) is 0.932. The second-order valence-electron chi connectivity index (χ2n) is 6.81. The van der Waals surface area contributed by atoms with E-state index >= 15 is 0 Å². The highest BCUT2D eigenvalue weighted by Gasteiger charge is 2.57. The number of carbonyl (C=O) groups excluding carboxylic acids is 2. The fourth-order valence-electron chi connectivity index (χ4n) is 3.89. The van der Waals surface area contributed by atoms with Crippen molar-refractivity contribution in [1.82, 2.24) is 0 Å². The number of nitrogens with zero attached hydrogens (tertiary/aromatic N) is 1. The third kappa shape index (κ3) is 2.37. The summed E-state index contributed by atoms with van der Waals surface area (Å²) in [6, 6.07) is 11.9. The molecule has 1 unspecified atom stereocenters. The van der Waals surface area contributed by atoms with Gasteiger partial charge < -0.3 is 5.32 Å². The van der Waals surface area contributed by atoms with Crippen LogP contribution in [0, 0.1) is 20.8 Å². The molecule has 2 aliphatic rings. The summed E-state index contributed by atoms with van der Waals surface area (Å²) >= 11 is 1.49. The quantitative estimate of drug-likeness (QED) is 0.882. The van der Waals surface area contributed by atoms with Crippen LogP contribution >= 0.6 is 11.8 Å². The van der Waals surface area contributed by atoms with Gasteiger partial charge in [0, 0.05) is 17.0 Å². The number of benzene rings is 2. The van der Waals surface area contributed by atoms with Crippen molar-refractivity contribution >= 4 is 35.0 Å². The Morgan fingerprint density at radius 3 is 2.56 bits per heavy atom. The Kier molecular flexibility index (Phi) is 3.65. The summed E-state index contributed by atoms with van der Waals surface area (Å²) in [6.45, 7) is 6.05. The van der Waals surface area contributed by atoms with Crippen molar-refractivity contribution in [2.24, 2.45) is 0 Å². The molecule has 1 N–H and O–H groups in total. The second-order valence-corrected chi connectivity index (χ2v) is 8.13. The summed E-state index contributed by atoms with van der Waals surface area (Å²) in [5, 5.41) is 3.11. The molecule has 4 nitrogen and oxygen atoms in total. The third-order valence-corrected chi connectivity index (χ3v) is 6.42. The third-order valence-electron chi connectivity index (χ3n) is 4.94. The molecule has 0 saturated carbocycles. The molecule has 25 heavy (non-hydrogen) atoms. The van der Waals surface area contributed by atoms with Gasteiger partial charge in [0.2, 0.25) is 5.91 Å². The molecule has 0 aromatic heterocycles. The first-order valence-electron chi connectivity index (χ1n) is 8.43. The molecule has 0 bridgehead atoms. The standard InChI is InChI=1S/C20H20N2O2S/c1-12-10-13(2)18(14(3)11-12)21-19(24)20-9-8-17(23)22(20)15-6-4-5-7-16(15)25-20/h4-7,10-11H,8-9H2,1-3H3,(H,21,24). The van der Waals surface area contributed by atoms with Crippen LogP contribution in [0.25, 0.3) is 0 Å². The Bertz CT molecular complexity index is 885. The van der Waals surface area contributed by atoms with Gasteiger partial charge in [-0.1, -0.05) is 41.6 Å². The average Bonchev–Trinajstić information content (AvgIpc) is 3.07. The van der Waals surface area contributed by atoms with Crippen LogP contribution in [0.4, 0.5) is 11.4 Å². The summed E-state index contributed by atoms with van der Waals surface area (Å²) in [7, 11) is 0. The molecule has 0 aliphatic carbocycles.